The van der Waals surface area contributed by atoms with E-state index in [9.17, 15) is 9.59 Å². The maximum absolute atomic E-state index is 12.2. The van der Waals surface area contributed by atoms with Gasteiger partial charge in [-0.15, -0.1) is 0 Å². The number of carboxylic acid groups (broad SMARTS) is 1. The molecule has 0 bridgehead atoms. The Bertz CT molecular complexity index is 308. The minimum Gasteiger partial charge on any atom is -0.481 e. The molecule has 1 rings (SSSR count). The Morgan fingerprint density at radius 1 is 1.56 bits per heavy atom. The molecule has 6 heteroatoms. The van der Waals surface area contributed by atoms with E-state index in [0.717, 1.165) is 6.42 Å². The standard InChI is InChI=1S/C12H22N2O4/c1-9(8-18-3)13(2)12(17)14-6-4-5-10(7-14)11(15)16/h9-10H,4-8H2,1-3H3,(H,15,16)/t9?,10-/m1/s1. The van der Waals surface area contributed by atoms with Gasteiger partial charge in [0.1, 0.15) is 0 Å². The number of piperidine rings is 1. The Balaban J connectivity index is 2.57. The first-order valence-electron chi connectivity index (χ1n) is 6.20. The Morgan fingerprint density at radius 2 is 2.22 bits per heavy atom. The highest BCUT2D eigenvalue weighted by Gasteiger charge is 2.30. The average Bonchev–Trinajstić information content (AvgIpc) is 2.37. The molecule has 2 atom stereocenters. The van der Waals surface area contributed by atoms with Crippen molar-refractivity contribution in [1.82, 2.24) is 9.80 Å². The normalized spacial score (nSPS) is 21.5. The van der Waals surface area contributed by atoms with Gasteiger partial charge in [0, 0.05) is 27.2 Å². The SMILES string of the molecule is COCC(C)N(C)C(=O)N1CCC[C@@H](C(=O)O)C1. The molecule has 1 aliphatic heterocycles. The lowest BCUT2D eigenvalue weighted by Gasteiger charge is -2.35. The number of likely N-dealkylation sites (N-methyl/N-ethyl adjacent to an activating group) is 1. The average molecular weight is 258 g/mol. The van der Waals surface area contributed by atoms with Crippen molar-refractivity contribution in [2.75, 3.05) is 33.9 Å². The van der Waals surface area contributed by atoms with E-state index in [1.165, 1.54) is 0 Å². The highest BCUT2D eigenvalue weighted by molar-refractivity contribution is 5.76. The number of hydrogen-bond donors (Lipinski definition) is 1. The van der Waals surface area contributed by atoms with E-state index < -0.39 is 11.9 Å². The molecule has 1 fully saturated rings. The summed E-state index contributed by atoms with van der Waals surface area (Å²) in [6.07, 6.45) is 1.39. The molecular formula is C12H22N2O4. The van der Waals surface area contributed by atoms with E-state index in [4.69, 9.17) is 9.84 Å². The van der Waals surface area contributed by atoms with Gasteiger partial charge in [-0.2, -0.15) is 0 Å². The second-order valence-corrected chi connectivity index (χ2v) is 4.82. The molecule has 1 N–H and O–H groups in total. The van der Waals surface area contributed by atoms with Crippen LogP contribution in [-0.4, -0.2) is 66.8 Å². The number of ether oxygens (including phenoxy) is 1. The lowest BCUT2D eigenvalue weighted by Crippen LogP contribution is -2.50. The molecular weight excluding hydrogens is 236 g/mol. The highest BCUT2D eigenvalue weighted by atomic mass is 16.5. The minimum atomic E-state index is -0.819. The molecule has 18 heavy (non-hydrogen) atoms. The molecule has 0 aromatic carbocycles. The van der Waals surface area contributed by atoms with Crippen molar-refractivity contribution in [3.63, 3.8) is 0 Å². The molecule has 0 saturated carbocycles. The summed E-state index contributed by atoms with van der Waals surface area (Å²) in [5, 5.41) is 9.00. The Hall–Kier alpha value is -1.30. The fourth-order valence-corrected chi connectivity index (χ4v) is 2.12. The van der Waals surface area contributed by atoms with Crippen molar-refractivity contribution < 1.29 is 19.4 Å². The van der Waals surface area contributed by atoms with Crippen LogP contribution in [0.2, 0.25) is 0 Å². The minimum absolute atomic E-state index is 0.0206. The number of urea groups is 1. The fraction of sp³-hybridized carbons (Fsp3) is 0.833. The third kappa shape index (κ3) is 3.60. The summed E-state index contributed by atoms with van der Waals surface area (Å²) in [5.41, 5.74) is 0. The number of nitrogens with zero attached hydrogens (tertiary/aromatic N) is 2. The summed E-state index contributed by atoms with van der Waals surface area (Å²) in [6, 6.07) is -0.141. The van der Waals surface area contributed by atoms with Gasteiger partial charge in [-0.25, -0.2) is 4.79 Å². The second-order valence-electron chi connectivity index (χ2n) is 4.82. The first-order chi connectivity index (χ1) is 8.47. The van der Waals surface area contributed by atoms with Crippen LogP contribution in [-0.2, 0) is 9.53 Å². The number of aliphatic carboxylic acids is 1. The molecule has 1 heterocycles. The van der Waals surface area contributed by atoms with Gasteiger partial charge >= 0.3 is 12.0 Å². The van der Waals surface area contributed by atoms with Gasteiger partial charge < -0.3 is 19.6 Å². The summed E-state index contributed by atoms with van der Waals surface area (Å²) in [6.45, 7) is 3.31. The van der Waals surface area contributed by atoms with Crippen molar-refractivity contribution in [3.8, 4) is 0 Å². The van der Waals surface area contributed by atoms with Crippen LogP contribution in [0.4, 0.5) is 4.79 Å². The van der Waals surface area contributed by atoms with Crippen molar-refractivity contribution >= 4 is 12.0 Å². The highest BCUT2D eigenvalue weighted by Crippen LogP contribution is 2.18. The van der Waals surface area contributed by atoms with Gasteiger partial charge in [0.05, 0.1) is 18.6 Å². The third-order valence-electron chi connectivity index (χ3n) is 3.41. The van der Waals surface area contributed by atoms with Crippen molar-refractivity contribution in [2.45, 2.75) is 25.8 Å². The number of likely N-dealkylation sites (tertiary alicyclic amines) is 1. The summed E-state index contributed by atoms with van der Waals surface area (Å²) in [5.74, 6) is -1.26. The smallest absolute Gasteiger partial charge is 0.320 e. The number of amides is 2. The van der Waals surface area contributed by atoms with Crippen LogP contribution in [0.1, 0.15) is 19.8 Å². The molecule has 1 aliphatic rings. The molecule has 0 aliphatic carbocycles. The van der Waals surface area contributed by atoms with Crippen molar-refractivity contribution in [2.24, 2.45) is 5.92 Å². The first kappa shape index (κ1) is 14.8. The number of carboxylic acids is 1. The van der Waals surface area contributed by atoms with Crippen LogP contribution in [0.5, 0.6) is 0 Å². The van der Waals surface area contributed by atoms with Gasteiger partial charge in [-0.3, -0.25) is 4.79 Å². The molecule has 0 aromatic heterocycles. The number of carbonyl (C=O) groups excluding carboxylic acids is 1. The quantitative estimate of drug-likeness (QED) is 0.812. The van der Waals surface area contributed by atoms with E-state index in [1.54, 1.807) is 24.0 Å². The maximum Gasteiger partial charge on any atom is 0.320 e. The molecule has 6 nitrogen and oxygen atoms in total. The number of methoxy groups -OCH3 is 1. The van der Waals surface area contributed by atoms with E-state index in [-0.39, 0.29) is 12.1 Å². The zero-order chi connectivity index (χ0) is 13.7. The van der Waals surface area contributed by atoms with Crippen LogP contribution < -0.4 is 0 Å². The van der Waals surface area contributed by atoms with Crippen molar-refractivity contribution in [1.29, 1.82) is 0 Å². The molecule has 2 amide bonds. The van der Waals surface area contributed by atoms with Crippen LogP contribution >= 0.6 is 0 Å². The molecule has 0 aromatic rings. The lowest BCUT2D eigenvalue weighted by molar-refractivity contribution is -0.143. The van der Waals surface area contributed by atoms with Crippen LogP contribution in [0.15, 0.2) is 0 Å². The number of hydrogen-bond acceptors (Lipinski definition) is 3. The Morgan fingerprint density at radius 3 is 2.78 bits per heavy atom. The van der Waals surface area contributed by atoms with E-state index >= 15 is 0 Å². The third-order valence-corrected chi connectivity index (χ3v) is 3.41. The fourth-order valence-electron chi connectivity index (χ4n) is 2.12. The monoisotopic (exact) mass is 258 g/mol. The summed E-state index contributed by atoms with van der Waals surface area (Å²) in [7, 11) is 3.31. The predicted octanol–water partition coefficient (Wildman–Crippen LogP) is 0.870. The van der Waals surface area contributed by atoms with Crippen LogP contribution in [0.25, 0.3) is 0 Å². The van der Waals surface area contributed by atoms with Gasteiger partial charge in [0.25, 0.3) is 0 Å². The largest absolute Gasteiger partial charge is 0.481 e. The Kier molecular flexibility index (Phi) is 5.40. The molecule has 1 saturated heterocycles. The summed E-state index contributed by atoms with van der Waals surface area (Å²) < 4.78 is 5.02. The molecule has 0 spiro atoms. The lowest BCUT2D eigenvalue weighted by atomic mass is 9.98. The van der Waals surface area contributed by atoms with Crippen LogP contribution in [0.3, 0.4) is 0 Å². The summed E-state index contributed by atoms with van der Waals surface area (Å²) >= 11 is 0. The maximum atomic E-state index is 12.2. The van der Waals surface area contributed by atoms with Gasteiger partial charge in [0.15, 0.2) is 0 Å². The van der Waals surface area contributed by atoms with Crippen LogP contribution in [0, 0.1) is 5.92 Å². The number of carbonyl (C=O) groups is 2. The van der Waals surface area contributed by atoms with E-state index in [1.807, 2.05) is 6.92 Å². The molecule has 104 valence electrons. The second kappa shape index (κ2) is 6.58. The zero-order valence-corrected chi connectivity index (χ0v) is 11.3. The van der Waals surface area contributed by atoms with E-state index in [2.05, 4.69) is 0 Å². The molecule has 1 unspecified atom stereocenters. The van der Waals surface area contributed by atoms with Gasteiger partial charge in [0.2, 0.25) is 0 Å². The van der Waals surface area contributed by atoms with Gasteiger partial charge in [-0.05, 0) is 19.8 Å². The van der Waals surface area contributed by atoms with Crippen molar-refractivity contribution in [3.05, 3.63) is 0 Å². The molecule has 0 radical (unpaired) electrons. The summed E-state index contributed by atoms with van der Waals surface area (Å²) in [4.78, 5) is 26.4. The van der Waals surface area contributed by atoms with E-state index in [0.29, 0.717) is 26.1 Å². The topological polar surface area (TPSA) is 70.1 Å². The number of rotatable bonds is 4. The zero-order valence-electron chi connectivity index (χ0n) is 11.3. The predicted molar refractivity (Wildman–Crippen MR) is 66.4 cm³/mol. The first-order valence-corrected chi connectivity index (χ1v) is 6.20. The Labute approximate surface area is 107 Å². The van der Waals surface area contributed by atoms with Gasteiger partial charge in [-0.1, -0.05) is 0 Å².